The lowest BCUT2D eigenvalue weighted by atomic mass is 10.2. The quantitative estimate of drug-likeness (QED) is 0.775. The highest BCUT2D eigenvalue weighted by Gasteiger charge is 2.14. The average Bonchev–Trinajstić information content (AvgIpc) is 3.17. The van der Waals surface area contributed by atoms with Crippen molar-refractivity contribution in [1.29, 1.82) is 0 Å². The van der Waals surface area contributed by atoms with Gasteiger partial charge in [0.2, 0.25) is 5.82 Å². The number of nitrogens with two attached hydrogens (primary N) is 1. The van der Waals surface area contributed by atoms with Crippen LogP contribution < -0.4 is 10.5 Å². The zero-order valence-electron chi connectivity index (χ0n) is 11.6. The zero-order chi connectivity index (χ0) is 14.7. The maximum Gasteiger partial charge on any atom is 0.293 e. The molecular formula is C15H15N3O3. The molecule has 6 nitrogen and oxygen atoms in total. The van der Waals surface area contributed by atoms with Crippen molar-refractivity contribution in [3.8, 4) is 28.8 Å². The lowest BCUT2D eigenvalue weighted by Crippen LogP contribution is -1.92. The van der Waals surface area contributed by atoms with Crippen LogP contribution in [0.25, 0.3) is 23.0 Å². The van der Waals surface area contributed by atoms with Gasteiger partial charge in [-0.1, -0.05) is 17.3 Å². The van der Waals surface area contributed by atoms with Gasteiger partial charge in [-0.3, -0.25) is 0 Å². The summed E-state index contributed by atoms with van der Waals surface area (Å²) >= 11 is 0. The normalized spacial score (nSPS) is 10.8. The Morgan fingerprint density at radius 3 is 2.90 bits per heavy atom. The standard InChI is InChI=1S/C15H15N3O3/c1-2-19-11-5-3-4-10(8-11)14-17-15(21-18-14)13-7-6-12(9-16)20-13/h3-8H,2,9,16H2,1H3. The molecule has 3 rings (SSSR count). The van der Waals surface area contributed by atoms with E-state index in [-0.39, 0.29) is 0 Å². The molecule has 6 heteroatoms. The lowest BCUT2D eigenvalue weighted by molar-refractivity contribution is 0.340. The number of ether oxygens (including phenoxy) is 1. The van der Waals surface area contributed by atoms with Gasteiger partial charge >= 0.3 is 0 Å². The van der Waals surface area contributed by atoms with Crippen LogP contribution >= 0.6 is 0 Å². The Morgan fingerprint density at radius 1 is 1.24 bits per heavy atom. The third kappa shape index (κ3) is 2.80. The number of nitrogens with zero attached hydrogens (tertiary/aromatic N) is 2. The summed E-state index contributed by atoms with van der Waals surface area (Å²) in [6.07, 6.45) is 0. The molecule has 108 valence electrons. The summed E-state index contributed by atoms with van der Waals surface area (Å²) in [6, 6.07) is 11.1. The van der Waals surface area contributed by atoms with Crippen molar-refractivity contribution in [3.05, 3.63) is 42.2 Å². The molecule has 0 saturated carbocycles. The smallest absolute Gasteiger partial charge is 0.293 e. The predicted molar refractivity (Wildman–Crippen MR) is 76.5 cm³/mol. The third-order valence-corrected chi connectivity index (χ3v) is 2.90. The monoisotopic (exact) mass is 285 g/mol. The summed E-state index contributed by atoms with van der Waals surface area (Å²) in [5.74, 6) is 2.76. The van der Waals surface area contributed by atoms with Gasteiger partial charge in [-0.25, -0.2) is 0 Å². The summed E-state index contributed by atoms with van der Waals surface area (Å²) in [7, 11) is 0. The van der Waals surface area contributed by atoms with Crippen molar-refractivity contribution < 1.29 is 13.7 Å². The van der Waals surface area contributed by atoms with Crippen LogP contribution in [0.2, 0.25) is 0 Å². The lowest BCUT2D eigenvalue weighted by Gasteiger charge is -2.02. The third-order valence-electron chi connectivity index (χ3n) is 2.90. The Bertz CT molecular complexity index is 733. The first-order valence-electron chi connectivity index (χ1n) is 6.66. The van der Waals surface area contributed by atoms with Gasteiger partial charge in [0.1, 0.15) is 11.5 Å². The fraction of sp³-hybridized carbons (Fsp3) is 0.200. The molecule has 0 atom stereocenters. The van der Waals surface area contributed by atoms with Crippen LogP contribution in [0.1, 0.15) is 12.7 Å². The Labute approximate surface area is 121 Å². The fourth-order valence-electron chi connectivity index (χ4n) is 1.94. The van der Waals surface area contributed by atoms with E-state index in [1.54, 1.807) is 12.1 Å². The summed E-state index contributed by atoms with van der Waals surface area (Å²) in [4.78, 5) is 4.33. The molecule has 2 N–H and O–H groups in total. The van der Waals surface area contributed by atoms with E-state index in [9.17, 15) is 0 Å². The average molecular weight is 285 g/mol. The van der Waals surface area contributed by atoms with Crippen LogP contribution in [0.3, 0.4) is 0 Å². The molecule has 3 aromatic rings. The second-order valence-corrected chi connectivity index (χ2v) is 4.35. The van der Waals surface area contributed by atoms with E-state index in [1.807, 2.05) is 31.2 Å². The molecule has 0 radical (unpaired) electrons. The molecule has 2 heterocycles. The highest BCUT2D eigenvalue weighted by atomic mass is 16.5. The maximum atomic E-state index is 5.51. The number of furan rings is 1. The number of benzene rings is 1. The fourth-order valence-corrected chi connectivity index (χ4v) is 1.94. The number of hydrogen-bond donors (Lipinski definition) is 1. The minimum absolute atomic E-state index is 0.325. The van der Waals surface area contributed by atoms with E-state index in [4.69, 9.17) is 19.4 Å². The number of hydrogen-bond acceptors (Lipinski definition) is 6. The van der Waals surface area contributed by atoms with Crippen LogP contribution in [-0.4, -0.2) is 16.7 Å². The second kappa shape index (κ2) is 5.80. The Kier molecular flexibility index (Phi) is 3.70. The Morgan fingerprint density at radius 2 is 2.14 bits per heavy atom. The van der Waals surface area contributed by atoms with Gasteiger partial charge in [-0.2, -0.15) is 4.98 Å². The van der Waals surface area contributed by atoms with Crippen molar-refractivity contribution in [2.75, 3.05) is 6.61 Å². The van der Waals surface area contributed by atoms with E-state index in [0.717, 1.165) is 11.3 Å². The van der Waals surface area contributed by atoms with Gasteiger partial charge in [0.05, 0.1) is 13.2 Å². The van der Waals surface area contributed by atoms with Crippen LogP contribution in [0.15, 0.2) is 45.3 Å². The van der Waals surface area contributed by atoms with Gasteiger partial charge in [0.15, 0.2) is 5.76 Å². The highest BCUT2D eigenvalue weighted by Crippen LogP contribution is 2.25. The van der Waals surface area contributed by atoms with E-state index in [0.29, 0.717) is 36.4 Å². The topological polar surface area (TPSA) is 87.3 Å². The molecule has 0 aliphatic rings. The first-order valence-corrected chi connectivity index (χ1v) is 6.66. The van der Waals surface area contributed by atoms with Crippen LogP contribution in [0.4, 0.5) is 0 Å². The van der Waals surface area contributed by atoms with Crippen molar-refractivity contribution >= 4 is 0 Å². The molecule has 0 saturated heterocycles. The van der Waals surface area contributed by atoms with E-state index in [1.165, 1.54) is 0 Å². The molecule has 0 bridgehead atoms. The van der Waals surface area contributed by atoms with E-state index < -0.39 is 0 Å². The molecule has 0 unspecified atom stereocenters. The molecule has 21 heavy (non-hydrogen) atoms. The zero-order valence-corrected chi connectivity index (χ0v) is 11.6. The molecule has 0 amide bonds. The van der Waals surface area contributed by atoms with Gasteiger partial charge in [-0.05, 0) is 31.2 Å². The summed E-state index contributed by atoms with van der Waals surface area (Å²) in [5, 5.41) is 3.97. The first-order chi connectivity index (χ1) is 10.3. The number of aromatic nitrogens is 2. The summed E-state index contributed by atoms with van der Waals surface area (Å²) in [5.41, 5.74) is 6.33. The number of rotatable bonds is 5. The van der Waals surface area contributed by atoms with Crippen molar-refractivity contribution in [1.82, 2.24) is 10.1 Å². The van der Waals surface area contributed by atoms with Gasteiger partial charge in [-0.15, -0.1) is 0 Å². The highest BCUT2D eigenvalue weighted by molar-refractivity contribution is 5.59. The SMILES string of the molecule is CCOc1cccc(-c2noc(-c3ccc(CN)o3)n2)c1. The van der Waals surface area contributed by atoms with Crippen molar-refractivity contribution in [3.63, 3.8) is 0 Å². The molecule has 0 aliphatic heterocycles. The van der Waals surface area contributed by atoms with Gasteiger partial charge in [0, 0.05) is 5.56 Å². The summed E-state index contributed by atoms with van der Waals surface area (Å²) in [6.45, 7) is 2.87. The van der Waals surface area contributed by atoms with Crippen LogP contribution in [-0.2, 0) is 6.54 Å². The van der Waals surface area contributed by atoms with Crippen LogP contribution in [0, 0.1) is 0 Å². The van der Waals surface area contributed by atoms with E-state index >= 15 is 0 Å². The maximum absolute atomic E-state index is 5.51. The molecule has 1 aromatic carbocycles. The largest absolute Gasteiger partial charge is 0.494 e. The van der Waals surface area contributed by atoms with E-state index in [2.05, 4.69) is 10.1 Å². The van der Waals surface area contributed by atoms with Gasteiger partial charge < -0.3 is 19.4 Å². The second-order valence-electron chi connectivity index (χ2n) is 4.35. The summed E-state index contributed by atoms with van der Waals surface area (Å²) < 4.78 is 16.2. The molecule has 0 fully saturated rings. The first kappa shape index (κ1) is 13.4. The minimum atomic E-state index is 0.325. The van der Waals surface area contributed by atoms with Gasteiger partial charge in [0.25, 0.3) is 5.89 Å². The van der Waals surface area contributed by atoms with Crippen molar-refractivity contribution in [2.24, 2.45) is 5.73 Å². The molecule has 2 aromatic heterocycles. The molecular weight excluding hydrogens is 270 g/mol. The van der Waals surface area contributed by atoms with Crippen LogP contribution in [0.5, 0.6) is 5.75 Å². The van der Waals surface area contributed by atoms with Crippen molar-refractivity contribution in [2.45, 2.75) is 13.5 Å². The molecule has 0 aliphatic carbocycles. The minimum Gasteiger partial charge on any atom is -0.494 e. The Hall–Kier alpha value is -2.60. The Balaban J connectivity index is 1.89. The predicted octanol–water partition coefficient (Wildman–Crippen LogP) is 2.85. The molecule has 0 spiro atoms.